The molecule has 3 rings (SSSR count). The SMILES string of the molecule is Cc1cccc(C(=O)N(CC2CCCCC2)C2CC2)c1N. The van der Waals surface area contributed by atoms with E-state index >= 15 is 0 Å². The molecule has 0 unspecified atom stereocenters. The molecule has 2 aliphatic carbocycles. The van der Waals surface area contributed by atoms with Gasteiger partial charge in [0.25, 0.3) is 5.91 Å². The van der Waals surface area contributed by atoms with Crippen LogP contribution in [-0.4, -0.2) is 23.4 Å². The molecule has 2 fully saturated rings. The highest BCUT2D eigenvalue weighted by atomic mass is 16.2. The number of nitrogens with two attached hydrogens (primary N) is 1. The first-order valence-electron chi connectivity index (χ1n) is 8.33. The molecule has 1 amide bonds. The quantitative estimate of drug-likeness (QED) is 0.857. The van der Waals surface area contributed by atoms with Crippen LogP contribution in [-0.2, 0) is 0 Å². The molecule has 0 heterocycles. The fourth-order valence-corrected chi connectivity index (χ4v) is 3.45. The predicted octanol–water partition coefficient (Wildman–Crippen LogP) is 3.76. The lowest BCUT2D eigenvalue weighted by molar-refractivity contribution is 0.0700. The van der Waals surface area contributed by atoms with E-state index in [2.05, 4.69) is 4.90 Å². The summed E-state index contributed by atoms with van der Waals surface area (Å²) in [5.74, 6) is 0.832. The molecule has 3 nitrogen and oxygen atoms in total. The molecule has 0 saturated heterocycles. The molecule has 2 aliphatic rings. The maximum atomic E-state index is 12.9. The first-order valence-corrected chi connectivity index (χ1v) is 8.33. The summed E-state index contributed by atoms with van der Waals surface area (Å²) >= 11 is 0. The maximum absolute atomic E-state index is 12.9. The lowest BCUT2D eigenvalue weighted by atomic mass is 9.88. The van der Waals surface area contributed by atoms with Gasteiger partial charge >= 0.3 is 0 Å². The third-order valence-corrected chi connectivity index (χ3v) is 4.98. The molecule has 0 radical (unpaired) electrons. The molecule has 0 aliphatic heterocycles. The standard InChI is InChI=1S/C18H26N2O/c1-13-6-5-9-16(17(13)19)18(21)20(15-10-11-15)12-14-7-3-2-4-8-14/h5-6,9,14-15H,2-4,7-8,10-12,19H2,1H3. The lowest BCUT2D eigenvalue weighted by Crippen LogP contribution is -2.38. The Kier molecular flexibility index (Phi) is 4.18. The maximum Gasteiger partial charge on any atom is 0.256 e. The van der Waals surface area contributed by atoms with Gasteiger partial charge < -0.3 is 10.6 Å². The number of benzene rings is 1. The molecule has 3 heteroatoms. The number of carbonyl (C=O) groups is 1. The van der Waals surface area contributed by atoms with E-state index in [0.29, 0.717) is 23.2 Å². The van der Waals surface area contributed by atoms with Crippen LogP contribution in [0.2, 0.25) is 0 Å². The minimum Gasteiger partial charge on any atom is -0.398 e. The average molecular weight is 286 g/mol. The van der Waals surface area contributed by atoms with Crippen molar-refractivity contribution in [2.75, 3.05) is 12.3 Å². The number of rotatable bonds is 4. The van der Waals surface area contributed by atoms with Crippen LogP contribution in [0, 0.1) is 12.8 Å². The number of carbonyl (C=O) groups excluding carboxylic acids is 1. The summed E-state index contributed by atoms with van der Waals surface area (Å²) in [6, 6.07) is 6.24. The van der Waals surface area contributed by atoms with Gasteiger partial charge in [0.1, 0.15) is 0 Å². The smallest absolute Gasteiger partial charge is 0.256 e. The highest BCUT2D eigenvalue weighted by Crippen LogP contribution is 2.33. The molecule has 0 aromatic heterocycles. The predicted molar refractivity (Wildman–Crippen MR) is 86.2 cm³/mol. The first-order chi connectivity index (χ1) is 10.2. The fourth-order valence-electron chi connectivity index (χ4n) is 3.45. The monoisotopic (exact) mass is 286 g/mol. The molecular formula is C18H26N2O. The number of hydrogen-bond acceptors (Lipinski definition) is 2. The second kappa shape index (κ2) is 6.08. The molecule has 0 spiro atoms. The number of nitrogens with zero attached hydrogens (tertiary/aromatic N) is 1. The van der Waals surface area contributed by atoms with Gasteiger partial charge in [-0.05, 0) is 50.2 Å². The summed E-state index contributed by atoms with van der Waals surface area (Å²) in [6.45, 7) is 2.89. The Labute approximate surface area is 127 Å². The van der Waals surface area contributed by atoms with Crippen molar-refractivity contribution in [3.05, 3.63) is 29.3 Å². The van der Waals surface area contributed by atoms with Crippen LogP contribution >= 0.6 is 0 Å². The van der Waals surface area contributed by atoms with Crippen molar-refractivity contribution < 1.29 is 4.79 Å². The van der Waals surface area contributed by atoms with Crippen molar-refractivity contribution in [1.82, 2.24) is 4.90 Å². The van der Waals surface area contributed by atoms with Gasteiger partial charge in [0.05, 0.1) is 5.56 Å². The Bertz CT molecular complexity index is 516. The summed E-state index contributed by atoms with van der Waals surface area (Å²) < 4.78 is 0. The van der Waals surface area contributed by atoms with Crippen LogP contribution in [0.4, 0.5) is 5.69 Å². The molecule has 21 heavy (non-hydrogen) atoms. The summed E-state index contributed by atoms with van der Waals surface area (Å²) in [7, 11) is 0. The van der Waals surface area contributed by atoms with E-state index < -0.39 is 0 Å². The van der Waals surface area contributed by atoms with E-state index in [1.165, 1.54) is 32.1 Å². The molecule has 0 atom stereocenters. The van der Waals surface area contributed by atoms with Gasteiger partial charge in [-0.15, -0.1) is 0 Å². The number of nitrogen functional groups attached to an aromatic ring is 1. The number of para-hydroxylation sites is 1. The second-order valence-electron chi connectivity index (χ2n) is 6.73. The first kappa shape index (κ1) is 14.4. The van der Waals surface area contributed by atoms with E-state index in [1.807, 2.05) is 25.1 Å². The van der Waals surface area contributed by atoms with E-state index in [0.717, 1.165) is 24.9 Å². The van der Waals surface area contributed by atoms with Gasteiger partial charge in [-0.1, -0.05) is 31.4 Å². The topological polar surface area (TPSA) is 46.3 Å². The molecule has 0 bridgehead atoms. The van der Waals surface area contributed by atoms with E-state index in [-0.39, 0.29) is 5.91 Å². The summed E-state index contributed by atoms with van der Waals surface area (Å²) in [6.07, 6.45) is 8.88. The number of amides is 1. The van der Waals surface area contributed by atoms with Gasteiger partial charge in [0.15, 0.2) is 0 Å². The van der Waals surface area contributed by atoms with Crippen LogP contribution in [0.3, 0.4) is 0 Å². The minimum absolute atomic E-state index is 0.143. The Morgan fingerprint density at radius 1 is 1.19 bits per heavy atom. The van der Waals surface area contributed by atoms with Crippen LogP contribution in [0.5, 0.6) is 0 Å². The molecule has 2 N–H and O–H groups in total. The second-order valence-corrected chi connectivity index (χ2v) is 6.73. The van der Waals surface area contributed by atoms with Crippen molar-refractivity contribution in [2.24, 2.45) is 5.92 Å². The van der Waals surface area contributed by atoms with E-state index in [4.69, 9.17) is 5.73 Å². The van der Waals surface area contributed by atoms with E-state index in [9.17, 15) is 4.79 Å². The zero-order valence-corrected chi connectivity index (χ0v) is 13.0. The van der Waals surface area contributed by atoms with Crippen molar-refractivity contribution in [3.8, 4) is 0 Å². The van der Waals surface area contributed by atoms with Gasteiger partial charge in [-0.3, -0.25) is 4.79 Å². The minimum atomic E-state index is 0.143. The Morgan fingerprint density at radius 3 is 2.57 bits per heavy atom. The lowest BCUT2D eigenvalue weighted by Gasteiger charge is -2.30. The van der Waals surface area contributed by atoms with Gasteiger partial charge in [-0.2, -0.15) is 0 Å². The van der Waals surface area contributed by atoms with E-state index in [1.54, 1.807) is 0 Å². The van der Waals surface area contributed by atoms with Crippen LogP contribution < -0.4 is 5.73 Å². The Balaban J connectivity index is 1.76. The van der Waals surface area contributed by atoms with Crippen molar-refractivity contribution in [2.45, 2.75) is 57.9 Å². The normalized spacial score (nSPS) is 19.5. The molecular weight excluding hydrogens is 260 g/mol. The largest absolute Gasteiger partial charge is 0.398 e. The zero-order chi connectivity index (χ0) is 14.8. The highest BCUT2D eigenvalue weighted by molar-refractivity contribution is 6.00. The van der Waals surface area contributed by atoms with Gasteiger partial charge in [-0.25, -0.2) is 0 Å². The number of anilines is 1. The Hall–Kier alpha value is -1.51. The van der Waals surface area contributed by atoms with Crippen molar-refractivity contribution >= 4 is 11.6 Å². The van der Waals surface area contributed by atoms with Crippen LogP contribution in [0.1, 0.15) is 60.9 Å². The molecule has 2 saturated carbocycles. The van der Waals surface area contributed by atoms with Crippen molar-refractivity contribution in [1.29, 1.82) is 0 Å². The summed E-state index contributed by atoms with van der Waals surface area (Å²) in [5.41, 5.74) is 8.46. The average Bonchev–Trinajstić information content (AvgIpc) is 3.33. The highest BCUT2D eigenvalue weighted by Gasteiger charge is 2.35. The van der Waals surface area contributed by atoms with Crippen molar-refractivity contribution in [3.63, 3.8) is 0 Å². The molecule has 1 aromatic rings. The summed E-state index contributed by atoms with van der Waals surface area (Å²) in [5, 5.41) is 0. The van der Waals surface area contributed by atoms with Gasteiger partial charge in [0.2, 0.25) is 0 Å². The zero-order valence-electron chi connectivity index (χ0n) is 13.0. The summed E-state index contributed by atoms with van der Waals surface area (Å²) in [4.78, 5) is 15.0. The number of aryl methyl sites for hydroxylation is 1. The number of hydrogen-bond donors (Lipinski definition) is 1. The third kappa shape index (κ3) is 3.22. The third-order valence-electron chi connectivity index (χ3n) is 4.98. The van der Waals surface area contributed by atoms with Crippen LogP contribution in [0.15, 0.2) is 18.2 Å². The molecule has 1 aromatic carbocycles. The van der Waals surface area contributed by atoms with Crippen LogP contribution in [0.25, 0.3) is 0 Å². The van der Waals surface area contributed by atoms with Gasteiger partial charge in [0, 0.05) is 18.3 Å². The fraction of sp³-hybridized carbons (Fsp3) is 0.611. The molecule has 114 valence electrons. The Morgan fingerprint density at radius 2 is 1.90 bits per heavy atom.